The molecule has 2 aromatic carbocycles. The lowest BCUT2D eigenvalue weighted by Crippen LogP contribution is -2.33. The summed E-state index contributed by atoms with van der Waals surface area (Å²) in [6.45, 7) is 0. The zero-order valence-electron chi connectivity index (χ0n) is 18.1. The second kappa shape index (κ2) is 13.3. The Balaban J connectivity index is 0.000000335. The lowest BCUT2D eigenvalue weighted by atomic mass is 10.1. The number of aromatic hydroxyl groups is 2. The van der Waals surface area contributed by atoms with Gasteiger partial charge in [-0.05, 0) is 29.7 Å². The number of halogens is 3. The van der Waals surface area contributed by atoms with E-state index in [1.165, 1.54) is 33.5 Å². The number of carbonyl (C=O) groups is 2. The summed E-state index contributed by atoms with van der Waals surface area (Å²) in [6.07, 6.45) is 0.383. The number of hydrogen-bond acceptors (Lipinski definition) is 9. The molecular formula is C21H25Cl3N2O7. The molecule has 0 saturated heterocycles. The quantitative estimate of drug-likeness (QED) is 0.401. The lowest BCUT2D eigenvalue weighted by Gasteiger charge is -2.14. The number of nitrogens with two attached hydrogens (primary N) is 2. The van der Waals surface area contributed by atoms with E-state index >= 15 is 0 Å². The van der Waals surface area contributed by atoms with Crippen LogP contribution in [0.5, 0.6) is 17.2 Å². The molecule has 2 atom stereocenters. The highest BCUT2D eigenvalue weighted by Crippen LogP contribution is 2.41. The standard InChI is InChI=1S/C11H13Cl2NO4.C10H12ClNO3/c1-17-8-4-6(12)5(9(13)10(8)15)3-7(14)11(16)18-2;1-15-10(14)8(12)5-6-2-3-9(13)7(11)4-6/h4,7,15H,3,14H2,1-2H3;2-4,8,13H,5,12H2,1H3/t7-;8-/m11/s1. The number of methoxy groups -OCH3 is 3. The number of hydrogen-bond donors (Lipinski definition) is 4. The molecule has 2 rings (SSSR count). The molecule has 0 spiro atoms. The fourth-order valence-electron chi connectivity index (χ4n) is 2.59. The number of phenolic OH excluding ortho intramolecular Hbond substituents is 2. The van der Waals surface area contributed by atoms with Crippen LogP contribution < -0.4 is 16.2 Å². The van der Waals surface area contributed by atoms with Gasteiger partial charge in [0.2, 0.25) is 0 Å². The summed E-state index contributed by atoms with van der Waals surface area (Å²) in [5.74, 6) is -1.14. The highest BCUT2D eigenvalue weighted by atomic mass is 35.5. The monoisotopic (exact) mass is 522 g/mol. The topological polar surface area (TPSA) is 154 Å². The second-order valence-corrected chi connectivity index (χ2v) is 7.85. The van der Waals surface area contributed by atoms with Crippen molar-refractivity contribution in [3.8, 4) is 17.2 Å². The van der Waals surface area contributed by atoms with Gasteiger partial charge in [0, 0.05) is 17.5 Å². The SMILES string of the molecule is COC(=O)[C@H](N)Cc1c(Cl)cc(OC)c(O)c1Cl.COC(=O)[C@H](N)Cc1ccc(O)c(Cl)c1. The minimum absolute atomic E-state index is 0.00653. The van der Waals surface area contributed by atoms with Gasteiger partial charge in [0.05, 0.1) is 31.4 Å². The van der Waals surface area contributed by atoms with E-state index < -0.39 is 24.0 Å². The summed E-state index contributed by atoms with van der Waals surface area (Å²) in [6, 6.07) is 4.47. The minimum Gasteiger partial charge on any atom is -0.506 e. The number of benzene rings is 2. The average molecular weight is 524 g/mol. The smallest absolute Gasteiger partial charge is 0.322 e. The first-order valence-corrected chi connectivity index (χ1v) is 10.5. The molecule has 9 nitrogen and oxygen atoms in total. The van der Waals surface area contributed by atoms with E-state index in [0.717, 1.165) is 5.56 Å². The molecule has 6 N–H and O–H groups in total. The average Bonchev–Trinajstić information content (AvgIpc) is 2.80. The van der Waals surface area contributed by atoms with Crippen LogP contribution in [0.25, 0.3) is 0 Å². The van der Waals surface area contributed by atoms with Crippen LogP contribution in [0.4, 0.5) is 0 Å². The van der Waals surface area contributed by atoms with Gasteiger partial charge in [-0.2, -0.15) is 0 Å². The van der Waals surface area contributed by atoms with Gasteiger partial charge in [-0.25, -0.2) is 0 Å². The molecule has 0 unspecified atom stereocenters. The van der Waals surface area contributed by atoms with E-state index in [9.17, 15) is 19.8 Å². The third kappa shape index (κ3) is 8.13. The minimum atomic E-state index is -0.905. The molecule has 0 bridgehead atoms. The van der Waals surface area contributed by atoms with Crippen LogP contribution in [0.15, 0.2) is 24.3 Å². The molecule has 0 heterocycles. The van der Waals surface area contributed by atoms with Crippen LogP contribution in [0.3, 0.4) is 0 Å². The van der Waals surface area contributed by atoms with Crippen LogP contribution in [0.2, 0.25) is 15.1 Å². The molecule has 0 aliphatic heterocycles. The molecule has 2 aromatic rings. The van der Waals surface area contributed by atoms with E-state index in [0.29, 0.717) is 12.0 Å². The molecule has 0 saturated carbocycles. The van der Waals surface area contributed by atoms with Gasteiger partial charge < -0.3 is 35.9 Å². The molecule has 12 heteroatoms. The van der Waals surface area contributed by atoms with Gasteiger partial charge in [-0.3, -0.25) is 9.59 Å². The third-order valence-corrected chi connectivity index (χ3v) is 5.42. The molecule has 182 valence electrons. The van der Waals surface area contributed by atoms with Gasteiger partial charge in [-0.15, -0.1) is 0 Å². The number of rotatable bonds is 7. The zero-order chi connectivity index (χ0) is 25.3. The Bertz CT molecular complexity index is 989. The predicted molar refractivity (Wildman–Crippen MR) is 125 cm³/mol. The molecular weight excluding hydrogens is 499 g/mol. The molecule has 0 radical (unpaired) electrons. The van der Waals surface area contributed by atoms with E-state index in [4.69, 9.17) is 51.0 Å². The maximum atomic E-state index is 11.2. The van der Waals surface area contributed by atoms with Crippen LogP contribution in [0, 0.1) is 0 Å². The van der Waals surface area contributed by atoms with Gasteiger partial charge in [-0.1, -0.05) is 40.9 Å². The van der Waals surface area contributed by atoms with Crippen LogP contribution in [-0.4, -0.2) is 55.6 Å². The Hall–Kier alpha value is -2.43. The third-order valence-electron chi connectivity index (χ3n) is 4.37. The van der Waals surface area contributed by atoms with Crippen molar-refractivity contribution in [2.24, 2.45) is 11.5 Å². The van der Waals surface area contributed by atoms with E-state index in [-0.39, 0.29) is 38.7 Å². The fourth-order valence-corrected chi connectivity index (χ4v) is 3.38. The molecule has 33 heavy (non-hydrogen) atoms. The summed E-state index contributed by atoms with van der Waals surface area (Å²) in [5, 5.41) is 19.4. The van der Waals surface area contributed by atoms with Crippen LogP contribution >= 0.6 is 34.8 Å². The Morgan fingerprint density at radius 1 is 0.909 bits per heavy atom. The normalized spacial score (nSPS) is 12.1. The number of ether oxygens (including phenoxy) is 3. The first-order valence-electron chi connectivity index (χ1n) is 9.34. The van der Waals surface area contributed by atoms with Crippen molar-refractivity contribution in [2.75, 3.05) is 21.3 Å². The second-order valence-electron chi connectivity index (χ2n) is 6.66. The van der Waals surface area contributed by atoms with Gasteiger partial charge in [0.25, 0.3) is 0 Å². The molecule has 0 aromatic heterocycles. The number of esters is 2. The molecule has 0 fully saturated rings. The fraction of sp³-hybridized carbons (Fsp3) is 0.333. The maximum Gasteiger partial charge on any atom is 0.322 e. The Morgan fingerprint density at radius 3 is 1.94 bits per heavy atom. The number of phenols is 2. The Morgan fingerprint density at radius 2 is 1.45 bits per heavy atom. The Labute approximate surface area is 206 Å². The highest BCUT2D eigenvalue weighted by Gasteiger charge is 2.22. The largest absolute Gasteiger partial charge is 0.506 e. The number of carbonyl (C=O) groups excluding carboxylic acids is 2. The predicted octanol–water partition coefficient (Wildman–Crippen LogP) is 2.84. The van der Waals surface area contributed by atoms with Crippen molar-refractivity contribution in [1.82, 2.24) is 0 Å². The maximum absolute atomic E-state index is 11.2. The zero-order valence-corrected chi connectivity index (χ0v) is 20.4. The van der Waals surface area contributed by atoms with Crippen molar-refractivity contribution >= 4 is 46.7 Å². The van der Waals surface area contributed by atoms with Crippen molar-refractivity contribution in [1.29, 1.82) is 0 Å². The summed E-state index contributed by atoms with van der Waals surface area (Å²) >= 11 is 17.7. The summed E-state index contributed by atoms with van der Waals surface area (Å²) in [7, 11) is 3.89. The molecule has 0 amide bonds. The van der Waals surface area contributed by atoms with Crippen molar-refractivity contribution < 1.29 is 34.0 Å². The summed E-state index contributed by atoms with van der Waals surface area (Å²) < 4.78 is 13.9. The summed E-state index contributed by atoms with van der Waals surface area (Å²) in [4.78, 5) is 22.3. The van der Waals surface area contributed by atoms with Crippen molar-refractivity contribution in [3.63, 3.8) is 0 Å². The van der Waals surface area contributed by atoms with E-state index in [2.05, 4.69) is 9.47 Å². The highest BCUT2D eigenvalue weighted by molar-refractivity contribution is 6.37. The van der Waals surface area contributed by atoms with Crippen molar-refractivity contribution in [3.05, 3.63) is 50.5 Å². The van der Waals surface area contributed by atoms with Gasteiger partial charge >= 0.3 is 11.9 Å². The van der Waals surface area contributed by atoms with Gasteiger partial charge in [0.15, 0.2) is 11.5 Å². The lowest BCUT2D eigenvalue weighted by molar-refractivity contribution is -0.142. The molecule has 0 aliphatic carbocycles. The Kier molecular flexibility index (Phi) is 11.5. The van der Waals surface area contributed by atoms with Crippen LogP contribution in [0.1, 0.15) is 11.1 Å². The van der Waals surface area contributed by atoms with E-state index in [1.807, 2.05) is 0 Å². The van der Waals surface area contributed by atoms with Crippen molar-refractivity contribution in [2.45, 2.75) is 24.9 Å². The first-order chi connectivity index (χ1) is 15.5. The van der Waals surface area contributed by atoms with Crippen LogP contribution in [-0.2, 0) is 31.9 Å². The van der Waals surface area contributed by atoms with Gasteiger partial charge in [0.1, 0.15) is 17.8 Å². The first kappa shape index (κ1) is 28.6. The summed E-state index contributed by atoms with van der Waals surface area (Å²) in [5.41, 5.74) is 12.3. The molecule has 0 aliphatic rings. The van der Waals surface area contributed by atoms with E-state index in [1.54, 1.807) is 12.1 Å².